The van der Waals surface area contributed by atoms with E-state index in [1.807, 2.05) is 18.6 Å². The SMILES string of the molecule is C=C(C)NC(C)C(C)(C)C.C=CN1CCCC1C(=C)NCC1=CCC(c2scnc2C)C=C1. The number of allylic oxidation sites excluding steroid dienone is 3. The topological polar surface area (TPSA) is 40.2 Å². The lowest BCUT2D eigenvalue weighted by Crippen LogP contribution is -2.36. The summed E-state index contributed by atoms with van der Waals surface area (Å²) < 4.78 is 0. The molecule has 3 atom stereocenters. The van der Waals surface area contributed by atoms with Gasteiger partial charge in [-0.2, -0.15) is 0 Å². The zero-order valence-corrected chi connectivity index (χ0v) is 22.4. The Morgan fingerprint density at radius 1 is 1.36 bits per heavy atom. The molecule has 1 aromatic rings. The van der Waals surface area contributed by atoms with Crippen LogP contribution in [0.3, 0.4) is 0 Å². The summed E-state index contributed by atoms with van der Waals surface area (Å²) in [6.45, 7) is 26.8. The second-order valence-corrected chi connectivity index (χ2v) is 11.1. The summed E-state index contributed by atoms with van der Waals surface area (Å²) in [6.07, 6.45) is 12.3. The number of nitrogens with one attached hydrogen (secondary N) is 2. The zero-order valence-electron chi connectivity index (χ0n) is 21.6. The van der Waals surface area contributed by atoms with Crippen molar-refractivity contribution >= 4 is 11.3 Å². The van der Waals surface area contributed by atoms with Crippen LogP contribution in [0.1, 0.15) is 70.4 Å². The molecule has 33 heavy (non-hydrogen) atoms. The van der Waals surface area contributed by atoms with Crippen LogP contribution in [0.5, 0.6) is 0 Å². The molecular formula is C28H44N4S. The van der Waals surface area contributed by atoms with E-state index in [1.54, 1.807) is 11.3 Å². The van der Waals surface area contributed by atoms with E-state index in [0.717, 1.165) is 30.9 Å². The molecule has 0 amide bonds. The molecule has 2 heterocycles. The van der Waals surface area contributed by atoms with Gasteiger partial charge in [0.25, 0.3) is 0 Å². The third kappa shape index (κ3) is 8.22. The van der Waals surface area contributed by atoms with Gasteiger partial charge in [-0.15, -0.1) is 11.3 Å². The molecular weight excluding hydrogens is 424 g/mol. The van der Waals surface area contributed by atoms with Crippen LogP contribution in [0.15, 0.2) is 66.6 Å². The van der Waals surface area contributed by atoms with Crippen LogP contribution >= 0.6 is 11.3 Å². The second-order valence-electron chi connectivity index (χ2n) is 10.3. The molecule has 2 aliphatic rings. The molecule has 3 rings (SSSR count). The highest BCUT2D eigenvalue weighted by Gasteiger charge is 2.24. The van der Waals surface area contributed by atoms with Gasteiger partial charge in [-0.3, -0.25) is 0 Å². The first-order chi connectivity index (χ1) is 15.5. The van der Waals surface area contributed by atoms with Crippen LogP contribution in [-0.2, 0) is 0 Å². The van der Waals surface area contributed by atoms with E-state index in [1.165, 1.54) is 29.0 Å². The number of rotatable bonds is 8. The van der Waals surface area contributed by atoms with Crippen LogP contribution in [0.25, 0.3) is 0 Å². The highest BCUT2D eigenvalue weighted by molar-refractivity contribution is 7.09. The molecule has 0 saturated carbocycles. The summed E-state index contributed by atoms with van der Waals surface area (Å²) in [7, 11) is 0. The van der Waals surface area contributed by atoms with Gasteiger partial charge in [0.2, 0.25) is 0 Å². The minimum absolute atomic E-state index is 0.318. The molecule has 182 valence electrons. The second kappa shape index (κ2) is 12.3. The first kappa shape index (κ1) is 27.0. The Balaban J connectivity index is 0.000000328. The van der Waals surface area contributed by atoms with Crippen molar-refractivity contribution in [3.63, 3.8) is 0 Å². The number of hydrogen-bond acceptors (Lipinski definition) is 5. The van der Waals surface area contributed by atoms with Crippen molar-refractivity contribution in [1.29, 1.82) is 0 Å². The Morgan fingerprint density at radius 2 is 2.09 bits per heavy atom. The fourth-order valence-corrected chi connectivity index (χ4v) is 4.86. The molecule has 1 aromatic heterocycles. The lowest BCUT2D eigenvalue weighted by molar-refractivity contribution is 0.303. The highest BCUT2D eigenvalue weighted by atomic mass is 32.1. The molecule has 1 aliphatic heterocycles. The summed E-state index contributed by atoms with van der Waals surface area (Å²) in [5.41, 5.74) is 6.92. The Morgan fingerprint density at radius 3 is 2.58 bits per heavy atom. The van der Waals surface area contributed by atoms with Crippen molar-refractivity contribution < 1.29 is 0 Å². The molecule has 0 aromatic carbocycles. The summed E-state index contributed by atoms with van der Waals surface area (Å²) in [5, 5.41) is 6.79. The average molecular weight is 469 g/mol. The fourth-order valence-electron chi connectivity index (χ4n) is 3.96. The summed E-state index contributed by atoms with van der Waals surface area (Å²) in [4.78, 5) is 8.03. The zero-order chi connectivity index (χ0) is 24.6. The van der Waals surface area contributed by atoms with Gasteiger partial charge < -0.3 is 15.5 Å². The molecule has 3 unspecified atom stereocenters. The lowest BCUT2D eigenvalue weighted by Gasteiger charge is -2.28. The maximum Gasteiger partial charge on any atom is 0.0797 e. The molecule has 0 bridgehead atoms. The third-order valence-electron chi connectivity index (χ3n) is 6.51. The van der Waals surface area contributed by atoms with Crippen molar-refractivity contribution in [2.75, 3.05) is 13.1 Å². The quantitative estimate of drug-likeness (QED) is 0.447. The predicted molar refractivity (Wildman–Crippen MR) is 145 cm³/mol. The fraction of sp³-hybridized carbons (Fsp3) is 0.536. The van der Waals surface area contributed by atoms with Crippen molar-refractivity contribution in [3.8, 4) is 0 Å². The van der Waals surface area contributed by atoms with Crippen molar-refractivity contribution in [2.24, 2.45) is 5.41 Å². The summed E-state index contributed by atoms with van der Waals surface area (Å²) in [6, 6.07) is 0.887. The number of nitrogens with zero attached hydrogens (tertiary/aromatic N) is 2. The van der Waals surface area contributed by atoms with E-state index >= 15 is 0 Å². The van der Waals surface area contributed by atoms with Crippen molar-refractivity contribution in [2.45, 2.75) is 78.8 Å². The van der Waals surface area contributed by atoms with Crippen LogP contribution < -0.4 is 10.6 Å². The molecule has 2 N–H and O–H groups in total. The Bertz CT molecular complexity index is 871. The minimum Gasteiger partial charge on any atom is -0.386 e. The minimum atomic E-state index is 0.318. The normalized spacial score (nSPS) is 20.9. The molecule has 1 aliphatic carbocycles. The van der Waals surface area contributed by atoms with Crippen LogP contribution in [-0.4, -0.2) is 35.1 Å². The van der Waals surface area contributed by atoms with Crippen LogP contribution in [0, 0.1) is 12.3 Å². The van der Waals surface area contributed by atoms with Gasteiger partial charge >= 0.3 is 0 Å². The van der Waals surface area contributed by atoms with E-state index in [9.17, 15) is 0 Å². The Labute approximate surface area is 206 Å². The first-order valence-corrected chi connectivity index (χ1v) is 12.9. The van der Waals surface area contributed by atoms with E-state index in [2.05, 4.69) is 93.1 Å². The monoisotopic (exact) mass is 468 g/mol. The Hall–Kier alpha value is -2.27. The summed E-state index contributed by atoms with van der Waals surface area (Å²) >= 11 is 1.76. The smallest absolute Gasteiger partial charge is 0.0797 e. The van der Waals surface area contributed by atoms with Crippen LogP contribution in [0.4, 0.5) is 0 Å². The number of likely N-dealkylation sites (tertiary alicyclic amines) is 1. The summed E-state index contributed by atoms with van der Waals surface area (Å²) in [5.74, 6) is 0.487. The third-order valence-corrected chi connectivity index (χ3v) is 7.57. The van der Waals surface area contributed by atoms with Crippen molar-refractivity contribution in [1.82, 2.24) is 20.5 Å². The van der Waals surface area contributed by atoms with Gasteiger partial charge in [-0.25, -0.2) is 4.98 Å². The maximum absolute atomic E-state index is 4.36. The molecule has 4 nitrogen and oxygen atoms in total. The van der Waals surface area contributed by atoms with E-state index in [-0.39, 0.29) is 0 Å². The van der Waals surface area contributed by atoms with Gasteiger partial charge in [0.05, 0.1) is 17.2 Å². The van der Waals surface area contributed by atoms with Crippen molar-refractivity contribution in [3.05, 3.63) is 77.2 Å². The predicted octanol–water partition coefficient (Wildman–Crippen LogP) is 6.68. The van der Waals surface area contributed by atoms with E-state index in [0.29, 0.717) is 23.4 Å². The number of hydrogen-bond donors (Lipinski definition) is 2. The Kier molecular flexibility index (Phi) is 10.0. The number of thiazole rings is 1. The first-order valence-electron chi connectivity index (χ1n) is 12.0. The number of aromatic nitrogens is 1. The standard InChI is InChI=1S/C19H25N3S.C9H19N/c1-4-22-11-5-6-18(22)14(2)20-12-16-7-9-17(10-8-16)19-15(3)21-13-23-19;1-7(2)10-8(3)9(4,5)6/h4,7-9,13,17-18,20H,1-2,5-6,10-12H2,3H3;8,10H,1H2,2-6H3. The van der Waals surface area contributed by atoms with Gasteiger partial charge in [-0.1, -0.05) is 58.7 Å². The largest absolute Gasteiger partial charge is 0.386 e. The molecule has 0 spiro atoms. The average Bonchev–Trinajstić information content (AvgIpc) is 3.40. The molecule has 1 saturated heterocycles. The maximum atomic E-state index is 4.36. The molecule has 5 heteroatoms. The van der Waals surface area contributed by atoms with Gasteiger partial charge in [0.1, 0.15) is 0 Å². The highest BCUT2D eigenvalue weighted by Crippen LogP contribution is 2.31. The lowest BCUT2D eigenvalue weighted by atomic mass is 9.88. The van der Waals surface area contributed by atoms with Gasteiger partial charge in [0, 0.05) is 41.3 Å². The van der Waals surface area contributed by atoms with Gasteiger partial charge in [0.15, 0.2) is 0 Å². The number of aryl methyl sites for hydroxylation is 1. The van der Waals surface area contributed by atoms with Crippen LogP contribution in [0.2, 0.25) is 0 Å². The molecule has 1 fully saturated rings. The molecule has 0 radical (unpaired) electrons. The van der Waals surface area contributed by atoms with Gasteiger partial charge in [-0.05, 0) is 57.2 Å². The van der Waals surface area contributed by atoms with E-state index < -0.39 is 0 Å². The van der Waals surface area contributed by atoms with E-state index in [4.69, 9.17) is 0 Å².